The Bertz CT molecular complexity index is 480. The Morgan fingerprint density at radius 3 is 2.81 bits per heavy atom. The predicted molar refractivity (Wildman–Crippen MR) is 76.9 cm³/mol. The number of anilines is 1. The van der Waals surface area contributed by atoms with Crippen LogP contribution < -0.4 is 10.6 Å². The zero-order valence-electron chi connectivity index (χ0n) is 11.6. The van der Waals surface area contributed by atoms with E-state index in [2.05, 4.69) is 10.6 Å². The number of para-hydroxylation sites is 1. The summed E-state index contributed by atoms with van der Waals surface area (Å²) in [6.07, 6.45) is -0.346. The smallest absolute Gasteiger partial charge is 0.319 e. The van der Waals surface area contributed by atoms with Crippen molar-refractivity contribution in [2.75, 3.05) is 38.2 Å². The number of carbonyl (C=O) groups excluding carboxylic acids is 2. The number of morpholine rings is 1. The Hall–Kier alpha value is -2.12. The van der Waals surface area contributed by atoms with Crippen molar-refractivity contribution in [2.45, 2.75) is 6.10 Å². The summed E-state index contributed by atoms with van der Waals surface area (Å²) in [5, 5.41) is 14.2. The molecule has 3 amide bonds. The van der Waals surface area contributed by atoms with Crippen molar-refractivity contribution in [2.24, 2.45) is 0 Å². The minimum absolute atomic E-state index is 0.0865. The zero-order valence-corrected chi connectivity index (χ0v) is 11.6. The molecule has 0 spiro atoms. The molecule has 0 aromatic heterocycles. The lowest BCUT2D eigenvalue weighted by Gasteiger charge is -2.32. The van der Waals surface area contributed by atoms with Crippen LogP contribution in [0.15, 0.2) is 30.3 Å². The number of benzene rings is 1. The molecule has 7 heteroatoms. The van der Waals surface area contributed by atoms with Gasteiger partial charge in [0.05, 0.1) is 25.9 Å². The molecule has 1 fully saturated rings. The van der Waals surface area contributed by atoms with Crippen molar-refractivity contribution >= 4 is 17.6 Å². The lowest BCUT2D eigenvalue weighted by Crippen LogP contribution is -2.50. The summed E-state index contributed by atoms with van der Waals surface area (Å²) in [6, 6.07) is 8.56. The summed E-state index contributed by atoms with van der Waals surface area (Å²) in [4.78, 5) is 25.2. The molecule has 3 N–H and O–H groups in total. The third-order valence-electron chi connectivity index (χ3n) is 3.13. The molecular weight excluding hydrogens is 274 g/mol. The van der Waals surface area contributed by atoms with E-state index in [1.165, 1.54) is 0 Å². The Balaban J connectivity index is 1.74. The summed E-state index contributed by atoms with van der Waals surface area (Å²) in [7, 11) is 0. The van der Waals surface area contributed by atoms with Gasteiger partial charge in [0, 0.05) is 18.8 Å². The summed E-state index contributed by atoms with van der Waals surface area (Å²) in [6.45, 7) is 1.00. The number of hydrogen-bond acceptors (Lipinski definition) is 4. The van der Waals surface area contributed by atoms with Gasteiger partial charge in [-0.25, -0.2) is 4.79 Å². The Labute approximate surface area is 122 Å². The summed E-state index contributed by atoms with van der Waals surface area (Å²) in [5.41, 5.74) is 0.661. The number of carbonyl (C=O) groups is 2. The second kappa shape index (κ2) is 7.61. The van der Waals surface area contributed by atoms with E-state index in [1.807, 2.05) is 18.2 Å². The van der Waals surface area contributed by atoms with Crippen LogP contribution in [0.25, 0.3) is 0 Å². The van der Waals surface area contributed by atoms with Gasteiger partial charge in [-0.1, -0.05) is 18.2 Å². The lowest BCUT2D eigenvalue weighted by molar-refractivity contribution is -0.139. The van der Waals surface area contributed by atoms with E-state index < -0.39 is 6.03 Å². The molecule has 1 heterocycles. The Kier molecular flexibility index (Phi) is 5.53. The maximum absolute atomic E-state index is 12.0. The number of hydrogen-bond donors (Lipinski definition) is 3. The molecule has 0 saturated carbocycles. The maximum Gasteiger partial charge on any atom is 0.319 e. The zero-order chi connectivity index (χ0) is 15.1. The first kappa shape index (κ1) is 15.3. The van der Waals surface area contributed by atoms with E-state index in [1.54, 1.807) is 17.0 Å². The van der Waals surface area contributed by atoms with Crippen LogP contribution in [0, 0.1) is 0 Å². The lowest BCUT2D eigenvalue weighted by atomic mass is 10.3. The van der Waals surface area contributed by atoms with Crippen LogP contribution >= 0.6 is 0 Å². The van der Waals surface area contributed by atoms with E-state index in [-0.39, 0.29) is 25.2 Å². The van der Waals surface area contributed by atoms with Gasteiger partial charge in [0.2, 0.25) is 5.91 Å². The van der Waals surface area contributed by atoms with Crippen LogP contribution in [-0.4, -0.2) is 60.9 Å². The highest BCUT2D eigenvalue weighted by atomic mass is 16.5. The quantitative estimate of drug-likeness (QED) is 0.730. The molecule has 114 valence electrons. The van der Waals surface area contributed by atoms with Crippen molar-refractivity contribution in [3.63, 3.8) is 0 Å². The van der Waals surface area contributed by atoms with E-state index in [9.17, 15) is 9.59 Å². The summed E-state index contributed by atoms with van der Waals surface area (Å²) < 4.78 is 5.27. The molecule has 0 radical (unpaired) electrons. The van der Waals surface area contributed by atoms with Gasteiger partial charge in [0.1, 0.15) is 0 Å². The van der Waals surface area contributed by atoms with Gasteiger partial charge in [-0.15, -0.1) is 0 Å². The standard InChI is InChI=1S/C14H19N3O4/c18-10-12-9-17(6-7-21-12)13(19)8-15-14(20)16-11-4-2-1-3-5-11/h1-5,12,18H,6-10H2,(H2,15,16,20). The summed E-state index contributed by atoms with van der Waals surface area (Å²) in [5.74, 6) is -0.194. The molecule has 2 rings (SSSR count). The molecule has 1 aromatic rings. The number of rotatable bonds is 4. The van der Waals surface area contributed by atoms with E-state index in [4.69, 9.17) is 9.84 Å². The van der Waals surface area contributed by atoms with Crippen LogP contribution in [-0.2, 0) is 9.53 Å². The molecule has 1 atom stereocenters. The van der Waals surface area contributed by atoms with Gasteiger partial charge in [-0.2, -0.15) is 0 Å². The average molecular weight is 293 g/mol. The molecule has 1 saturated heterocycles. The largest absolute Gasteiger partial charge is 0.394 e. The first-order valence-corrected chi connectivity index (χ1v) is 6.79. The van der Waals surface area contributed by atoms with E-state index >= 15 is 0 Å². The van der Waals surface area contributed by atoms with Crippen LogP contribution in [0.3, 0.4) is 0 Å². The first-order chi connectivity index (χ1) is 10.2. The minimum atomic E-state index is -0.429. The molecule has 1 unspecified atom stereocenters. The maximum atomic E-state index is 12.0. The van der Waals surface area contributed by atoms with E-state index in [0.29, 0.717) is 25.4 Å². The van der Waals surface area contributed by atoms with Crippen molar-refractivity contribution in [3.8, 4) is 0 Å². The van der Waals surface area contributed by atoms with E-state index in [0.717, 1.165) is 0 Å². The van der Waals surface area contributed by atoms with Crippen LogP contribution in [0.2, 0.25) is 0 Å². The normalized spacial score (nSPS) is 18.1. The van der Waals surface area contributed by atoms with Gasteiger partial charge in [-0.05, 0) is 12.1 Å². The number of aliphatic hydroxyl groups excluding tert-OH is 1. The molecule has 1 aliphatic rings. The predicted octanol–water partition coefficient (Wildman–Crippen LogP) is 0.0278. The third-order valence-corrected chi connectivity index (χ3v) is 3.13. The number of aliphatic hydroxyl groups is 1. The van der Waals surface area contributed by atoms with Crippen molar-refractivity contribution in [1.29, 1.82) is 0 Å². The van der Waals surface area contributed by atoms with Crippen molar-refractivity contribution in [1.82, 2.24) is 10.2 Å². The monoisotopic (exact) mass is 293 g/mol. The second-order valence-corrected chi connectivity index (χ2v) is 4.69. The molecule has 0 aliphatic carbocycles. The molecule has 21 heavy (non-hydrogen) atoms. The fourth-order valence-electron chi connectivity index (χ4n) is 2.02. The van der Waals surface area contributed by atoms with Gasteiger partial charge < -0.3 is 25.4 Å². The third kappa shape index (κ3) is 4.73. The second-order valence-electron chi connectivity index (χ2n) is 4.69. The molecule has 7 nitrogen and oxygen atoms in total. The minimum Gasteiger partial charge on any atom is -0.394 e. The molecule has 1 aromatic carbocycles. The fourth-order valence-corrected chi connectivity index (χ4v) is 2.02. The SMILES string of the molecule is O=C(NCC(=O)N1CCOC(CO)C1)Nc1ccccc1. The van der Waals surface area contributed by atoms with Crippen molar-refractivity contribution < 1.29 is 19.4 Å². The summed E-state index contributed by atoms with van der Waals surface area (Å²) >= 11 is 0. The highest BCUT2D eigenvalue weighted by molar-refractivity contribution is 5.92. The van der Waals surface area contributed by atoms with Crippen LogP contribution in [0.4, 0.5) is 10.5 Å². The van der Waals surface area contributed by atoms with Gasteiger partial charge in [0.25, 0.3) is 0 Å². The van der Waals surface area contributed by atoms with Gasteiger partial charge in [-0.3, -0.25) is 4.79 Å². The van der Waals surface area contributed by atoms with Crippen LogP contribution in [0.1, 0.15) is 0 Å². The van der Waals surface area contributed by atoms with Crippen molar-refractivity contribution in [3.05, 3.63) is 30.3 Å². The Morgan fingerprint density at radius 2 is 2.10 bits per heavy atom. The van der Waals surface area contributed by atoms with Crippen LogP contribution in [0.5, 0.6) is 0 Å². The molecule has 0 bridgehead atoms. The fraction of sp³-hybridized carbons (Fsp3) is 0.429. The first-order valence-electron chi connectivity index (χ1n) is 6.79. The number of urea groups is 1. The molecule has 1 aliphatic heterocycles. The number of amides is 3. The topological polar surface area (TPSA) is 90.9 Å². The highest BCUT2D eigenvalue weighted by Gasteiger charge is 2.23. The molecular formula is C14H19N3O4. The van der Waals surface area contributed by atoms with Gasteiger partial charge in [0.15, 0.2) is 0 Å². The Morgan fingerprint density at radius 1 is 1.33 bits per heavy atom. The average Bonchev–Trinajstić information content (AvgIpc) is 2.53. The number of ether oxygens (including phenoxy) is 1. The number of nitrogens with one attached hydrogen (secondary N) is 2. The van der Waals surface area contributed by atoms with Gasteiger partial charge >= 0.3 is 6.03 Å². The highest BCUT2D eigenvalue weighted by Crippen LogP contribution is 2.05. The number of nitrogens with zero attached hydrogens (tertiary/aromatic N) is 1.